The molecule has 8 N–H and O–H groups in total. The van der Waals surface area contributed by atoms with Gasteiger partial charge in [0.2, 0.25) is 41.2 Å². The Kier molecular flexibility index (Phi) is 50.1. The van der Waals surface area contributed by atoms with Gasteiger partial charge >= 0.3 is 53.7 Å². The number of carbonyl (C=O) groups is 15. The van der Waals surface area contributed by atoms with Crippen LogP contribution >= 0.6 is 8.53 Å². The number of benzene rings is 1. The number of aliphatic hydroxyl groups excluding tert-OH is 1. The molecule has 4 fully saturated rings. The van der Waals surface area contributed by atoms with Crippen molar-refractivity contribution in [1.82, 2.24) is 46.8 Å². The number of carbonyl (C=O) groups excluding carboxylic acids is 15. The number of amides is 6. The molecule has 1 saturated carbocycles. The molecule has 5 rings (SSSR count). The molecule has 738 valence electrons. The van der Waals surface area contributed by atoms with Crippen LogP contribution in [0, 0.1) is 17.2 Å². The molecule has 1 aromatic rings. The fraction of sp³-hybridized carbons (Fsp3) is 0.738. The average Bonchev–Trinajstić information content (AvgIpc) is 0.756. The number of esters is 9. The zero-order valence-electron chi connectivity index (χ0n) is 77.2. The largest absolute Gasteiger partial charge is 0.463 e. The first-order valence-electron chi connectivity index (χ1n) is 43.2. The van der Waals surface area contributed by atoms with Crippen LogP contribution in [0.4, 0.5) is 0 Å². The molecular weight excluding hydrogens is 1760 g/mol. The summed E-state index contributed by atoms with van der Waals surface area (Å²) in [6, 6.07) is 5.43. The third kappa shape index (κ3) is 40.9. The predicted octanol–water partition coefficient (Wildman–Crippen LogP) is -0.423. The van der Waals surface area contributed by atoms with Crippen molar-refractivity contribution < 1.29 is 171 Å². The number of ether oxygens (including phenoxy) is 18. The molecule has 17 atom stereocenters. The van der Waals surface area contributed by atoms with E-state index in [0.29, 0.717) is 36.8 Å². The van der Waals surface area contributed by atoms with Gasteiger partial charge < -0.3 is 131 Å². The molecule has 3 heterocycles. The van der Waals surface area contributed by atoms with Crippen LogP contribution in [-0.2, 0) is 179 Å². The topological polar surface area (TPSA) is 575 Å². The predicted molar refractivity (Wildman–Crippen MR) is 452 cm³/mol. The molecule has 46 nitrogen and oxygen atoms in total. The monoisotopic (exact) mass is 1890 g/mol. The van der Waals surface area contributed by atoms with Crippen LogP contribution in [0.1, 0.15) is 154 Å². The number of hydrogen-bond acceptors (Lipinski definition) is 40. The Bertz CT molecular complexity index is 3890. The first-order chi connectivity index (χ1) is 62.1. The maximum absolute atomic E-state index is 15.1. The lowest BCUT2D eigenvalue weighted by atomic mass is 9.87. The van der Waals surface area contributed by atoms with Gasteiger partial charge in [-0.1, -0.05) is 24.3 Å². The number of nitriles is 1. The Morgan fingerprint density at radius 3 is 1.42 bits per heavy atom. The number of rotatable bonds is 56. The highest BCUT2D eigenvalue weighted by Crippen LogP contribution is 2.49. The SMILES string of the molecule is CC(=O)N[C@@H]1C(OCCOCCNC(=O)C(Cc2ccc(CNC(=O)C3CCC(OP(OCCC#N)N(C(C)C)C(C)C)CC3)cc2)N(CC(=O)NCCOCCOC2OC(COC(C)=O)C(OC(C)=O)C(OC(C)=O)C2NC(C)O)CC(=O)NCCOCCOC2(NC(C)=O)COC(COC(C)=O)C(OC(C)=O)C2OC(C)=O)OC(COC(C)=O)C(OC(C)=O)C1OC(C)=O. The van der Waals surface area contributed by atoms with Crippen LogP contribution in [0.2, 0.25) is 0 Å². The van der Waals surface area contributed by atoms with Crippen LogP contribution in [0.25, 0.3) is 0 Å². The van der Waals surface area contributed by atoms with E-state index < -0.39 is 229 Å². The lowest BCUT2D eigenvalue weighted by molar-refractivity contribution is -0.282. The molecule has 47 heteroatoms. The van der Waals surface area contributed by atoms with Gasteiger partial charge in [-0.15, -0.1) is 0 Å². The van der Waals surface area contributed by atoms with Gasteiger partial charge in [0.25, 0.3) is 8.53 Å². The van der Waals surface area contributed by atoms with Gasteiger partial charge in [0.1, 0.15) is 56.4 Å². The summed E-state index contributed by atoms with van der Waals surface area (Å²) in [5.41, 5.74) is -0.787. The average molecular weight is 1890 g/mol. The maximum Gasteiger partial charge on any atom is 0.303 e. The minimum Gasteiger partial charge on any atom is -0.463 e. The number of nitrogens with one attached hydrogen (secondary N) is 7. The molecule has 0 spiro atoms. The molecule has 131 heavy (non-hydrogen) atoms. The van der Waals surface area contributed by atoms with Crippen molar-refractivity contribution in [2.45, 2.75) is 272 Å². The number of aliphatic hydroxyl groups is 1. The van der Waals surface area contributed by atoms with Gasteiger partial charge in [-0.2, -0.15) is 5.26 Å². The van der Waals surface area contributed by atoms with Crippen LogP contribution < -0.4 is 37.2 Å². The van der Waals surface area contributed by atoms with Gasteiger partial charge in [0.05, 0.1) is 110 Å². The van der Waals surface area contributed by atoms with Crippen molar-refractivity contribution in [2.75, 3.05) is 125 Å². The quantitative estimate of drug-likeness (QED) is 0.0135. The highest BCUT2D eigenvalue weighted by atomic mass is 31.2. The second kappa shape index (κ2) is 58.6. The molecule has 0 radical (unpaired) electrons. The van der Waals surface area contributed by atoms with E-state index in [1.165, 1.54) is 18.7 Å². The second-order valence-corrected chi connectivity index (χ2v) is 33.0. The Balaban J connectivity index is 1.40. The smallest absolute Gasteiger partial charge is 0.303 e. The molecule has 4 aliphatic rings. The van der Waals surface area contributed by atoms with Gasteiger partial charge in [0, 0.05) is 120 Å². The molecule has 0 bridgehead atoms. The molecule has 3 aliphatic heterocycles. The summed E-state index contributed by atoms with van der Waals surface area (Å²) in [5, 5.41) is 39.1. The van der Waals surface area contributed by atoms with Gasteiger partial charge in [-0.25, -0.2) is 4.67 Å². The first kappa shape index (κ1) is 112. The van der Waals surface area contributed by atoms with Crippen LogP contribution in [-0.4, -0.2) is 345 Å². The van der Waals surface area contributed by atoms with E-state index in [-0.39, 0.29) is 135 Å². The standard InChI is InChI=1S/C84H131N10O36P/c1-48(2)94(49(3)4)131(121-30-17-26-85)130-65-24-22-64(23-25-65)80(109)89-41-63-20-18-62(19-21-63)40-66(81(110)88-29-33-112-35-38-115-83-73(91-51(6)96)78(126-60(15)105)75(123-57(12)102)69(129-83)46-118-55(10)100)93(42-70(107)86-27-31-111-34-37-114-82-72(90-50(5)95)77(125-59(14)104)74(122-56(11)101)68(128-82)45-117-54(9)99)43-71(108)87-28-32-113-36-39-120-84(92-52(7)97)47-119-67(44-116-53(8)98)76(124-58(13)103)79(84)127-61(16)106/h18-21,48-50,64-69,72-79,82-83,90,95H,17,22-25,27-47H2,1-16H3,(H,86,107)(H,87,108)(H,88,110)(H,89,109)(H,91,96)(H,92,97)/t50?,64?,65?,66?,67?,68?,69?,72?,73-,74?,75?,76?,77?,78?,79?,82?,83?,84?,131?/m0/s1. The highest BCUT2D eigenvalue weighted by molar-refractivity contribution is 7.44. The molecule has 1 aromatic carbocycles. The first-order valence-corrected chi connectivity index (χ1v) is 44.4. The number of nitrogens with zero attached hydrogens (tertiary/aromatic N) is 3. The van der Waals surface area contributed by atoms with Crippen molar-refractivity contribution in [3.63, 3.8) is 0 Å². The Morgan fingerprint density at radius 2 is 0.962 bits per heavy atom. The van der Waals surface area contributed by atoms with E-state index in [9.17, 15) is 77.5 Å². The third-order valence-corrected chi connectivity index (χ3v) is 22.1. The summed E-state index contributed by atoms with van der Waals surface area (Å²) < 4.78 is 118. The Hall–Kier alpha value is -9.41. The fourth-order valence-corrected chi connectivity index (χ4v) is 16.4. The van der Waals surface area contributed by atoms with E-state index in [0.717, 1.165) is 69.2 Å². The van der Waals surface area contributed by atoms with Crippen LogP contribution in [0.5, 0.6) is 0 Å². The van der Waals surface area contributed by atoms with Gasteiger partial charge in [-0.3, -0.25) is 82.1 Å². The van der Waals surface area contributed by atoms with E-state index >= 15 is 4.79 Å². The summed E-state index contributed by atoms with van der Waals surface area (Å²) >= 11 is 0. The van der Waals surface area contributed by atoms with Crippen molar-refractivity contribution in [2.24, 2.45) is 5.92 Å². The summed E-state index contributed by atoms with van der Waals surface area (Å²) in [4.78, 5) is 195. The number of hydrogen-bond donors (Lipinski definition) is 8. The molecule has 16 unspecified atom stereocenters. The molecule has 3 saturated heterocycles. The third-order valence-electron chi connectivity index (χ3n) is 19.9. The lowest BCUT2D eigenvalue weighted by Crippen LogP contribution is -2.72. The van der Waals surface area contributed by atoms with Gasteiger partial charge in [-0.05, 0) is 77.8 Å². The molecule has 6 amide bonds. The molecule has 1 aliphatic carbocycles. The summed E-state index contributed by atoms with van der Waals surface area (Å²) in [7, 11) is -1.49. The Morgan fingerprint density at radius 1 is 0.511 bits per heavy atom. The van der Waals surface area contributed by atoms with Gasteiger partial charge in [0.15, 0.2) is 49.2 Å². The highest BCUT2D eigenvalue weighted by Gasteiger charge is 2.58. The van der Waals surface area contributed by atoms with Crippen molar-refractivity contribution in [3.05, 3.63) is 35.4 Å². The van der Waals surface area contributed by atoms with Crippen molar-refractivity contribution in [1.29, 1.82) is 5.26 Å². The van der Waals surface area contributed by atoms with E-state index in [4.69, 9.17) is 94.3 Å². The van der Waals surface area contributed by atoms with E-state index in [1.807, 2.05) is 0 Å². The second-order valence-electron chi connectivity index (χ2n) is 31.6. The van der Waals surface area contributed by atoms with Crippen LogP contribution in [0.3, 0.4) is 0 Å². The molecular formula is C84H131N10O36P. The molecule has 0 aromatic heterocycles. The normalized spacial score (nSPS) is 24.3. The Labute approximate surface area is 762 Å². The van der Waals surface area contributed by atoms with E-state index in [1.54, 1.807) is 24.3 Å². The zero-order valence-corrected chi connectivity index (χ0v) is 78.1. The van der Waals surface area contributed by atoms with Crippen molar-refractivity contribution in [3.8, 4) is 6.07 Å². The maximum atomic E-state index is 15.1. The summed E-state index contributed by atoms with van der Waals surface area (Å²) in [6.45, 7) is 16.4. The fourth-order valence-electron chi connectivity index (χ4n) is 14.7. The minimum absolute atomic E-state index is 0.101. The zero-order chi connectivity index (χ0) is 97.0. The van der Waals surface area contributed by atoms with E-state index in [2.05, 4.69) is 75.7 Å². The van der Waals surface area contributed by atoms with Crippen LogP contribution in [0.15, 0.2) is 24.3 Å². The van der Waals surface area contributed by atoms with Crippen molar-refractivity contribution >= 4 is 97.7 Å². The summed E-state index contributed by atoms with van der Waals surface area (Å²) in [5.74, 6) is -11.0. The lowest BCUT2D eigenvalue weighted by Gasteiger charge is -2.48. The minimum atomic E-state index is -2.00. The summed E-state index contributed by atoms with van der Waals surface area (Å²) in [6.07, 6.45) is -14.1.